The number of aromatic nitrogens is 2. The van der Waals surface area contributed by atoms with Crippen molar-refractivity contribution in [2.75, 3.05) is 26.3 Å². The SMILES string of the molecule is CC(Cc1ccco1)NC(=O)c1nnc(-c2ccc(S(=O)(=O)N3CCOCC3)cc2)o1. The molecule has 10 nitrogen and oxygen atoms in total. The molecule has 1 amide bonds. The van der Waals surface area contributed by atoms with Crippen LogP contribution in [-0.2, 0) is 21.2 Å². The number of amides is 1. The fourth-order valence-corrected chi connectivity index (χ4v) is 4.61. The van der Waals surface area contributed by atoms with Crippen molar-refractivity contribution in [1.29, 1.82) is 0 Å². The van der Waals surface area contributed by atoms with Crippen LogP contribution in [0.3, 0.4) is 0 Å². The van der Waals surface area contributed by atoms with E-state index in [-0.39, 0.29) is 22.7 Å². The van der Waals surface area contributed by atoms with Crippen LogP contribution in [0.1, 0.15) is 23.4 Å². The van der Waals surface area contributed by atoms with E-state index in [1.54, 1.807) is 24.5 Å². The third kappa shape index (κ3) is 4.84. The van der Waals surface area contributed by atoms with Crippen molar-refractivity contribution in [3.63, 3.8) is 0 Å². The summed E-state index contributed by atoms with van der Waals surface area (Å²) in [4.78, 5) is 12.5. The number of morpholine rings is 1. The Morgan fingerprint density at radius 2 is 1.90 bits per heavy atom. The Balaban J connectivity index is 1.42. The van der Waals surface area contributed by atoms with Gasteiger partial charge in [-0.1, -0.05) is 0 Å². The first-order valence-corrected chi connectivity index (χ1v) is 11.2. The van der Waals surface area contributed by atoms with E-state index in [0.29, 0.717) is 38.3 Å². The molecule has 1 N–H and O–H groups in total. The molecular formula is C20H22N4O6S. The van der Waals surface area contributed by atoms with E-state index in [0.717, 1.165) is 5.76 Å². The maximum Gasteiger partial charge on any atom is 0.309 e. The molecule has 31 heavy (non-hydrogen) atoms. The summed E-state index contributed by atoms with van der Waals surface area (Å²) in [6.45, 7) is 3.25. The highest BCUT2D eigenvalue weighted by Gasteiger charge is 2.26. The summed E-state index contributed by atoms with van der Waals surface area (Å²) in [5, 5.41) is 10.5. The Morgan fingerprint density at radius 1 is 1.16 bits per heavy atom. The molecule has 1 atom stereocenters. The van der Waals surface area contributed by atoms with Gasteiger partial charge in [-0.2, -0.15) is 4.31 Å². The maximum absolute atomic E-state index is 12.7. The first-order chi connectivity index (χ1) is 14.9. The van der Waals surface area contributed by atoms with Gasteiger partial charge in [0.1, 0.15) is 5.76 Å². The van der Waals surface area contributed by atoms with Crippen LogP contribution in [0.4, 0.5) is 0 Å². The van der Waals surface area contributed by atoms with Gasteiger partial charge in [0.25, 0.3) is 0 Å². The van der Waals surface area contributed by atoms with Crippen LogP contribution >= 0.6 is 0 Å². The van der Waals surface area contributed by atoms with Gasteiger partial charge in [-0.25, -0.2) is 8.42 Å². The fraction of sp³-hybridized carbons (Fsp3) is 0.350. The lowest BCUT2D eigenvalue weighted by Crippen LogP contribution is -2.40. The van der Waals surface area contributed by atoms with Crippen LogP contribution in [0.5, 0.6) is 0 Å². The zero-order chi connectivity index (χ0) is 21.8. The van der Waals surface area contributed by atoms with Gasteiger partial charge in [-0.05, 0) is 43.3 Å². The molecule has 1 fully saturated rings. The van der Waals surface area contributed by atoms with Crippen molar-refractivity contribution in [1.82, 2.24) is 19.8 Å². The number of carbonyl (C=O) groups is 1. The van der Waals surface area contributed by atoms with Gasteiger partial charge in [-0.3, -0.25) is 4.79 Å². The van der Waals surface area contributed by atoms with Crippen molar-refractivity contribution in [3.05, 3.63) is 54.3 Å². The molecule has 164 valence electrons. The minimum atomic E-state index is -3.59. The summed E-state index contributed by atoms with van der Waals surface area (Å²) in [5.41, 5.74) is 0.510. The summed E-state index contributed by atoms with van der Waals surface area (Å²) in [5.74, 6) is 0.209. The smallest absolute Gasteiger partial charge is 0.309 e. The number of nitrogens with zero attached hydrogens (tertiary/aromatic N) is 3. The Labute approximate surface area is 179 Å². The molecule has 4 rings (SSSR count). The number of sulfonamides is 1. The second kappa shape index (κ2) is 9.00. The van der Waals surface area contributed by atoms with E-state index in [1.807, 2.05) is 13.0 Å². The minimum absolute atomic E-state index is 0.124. The normalized spacial score (nSPS) is 16.2. The van der Waals surface area contributed by atoms with Crippen LogP contribution in [0.25, 0.3) is 11.5 Å². The van der Waals surface area contributed by atoms with Crippen molar-refractivity contribution in [3.8, 4) is 11.5 Å². The number of carbonyl (C=O) groups excluding carboxylic acids is 1. The predicted molar refractivity (Wildman–Crippen MR) is 109 cm³/mol. The van der Waals surface area contributed by atoms with Gasteiger partial charge in [0.15, 0.2) is 0 Å². The molecule has 1 unspecified atom stereocenters. The van der Waals surface area contributed by atoms with Crippen LogP contribution in [0, 0.1) is 0 Å². The fourth-order valence-electron chi connectivity index (χ4n) is 3.20. The van der Waals surface area contributed by atoms with E-state index in [4.69, 9.17) is 13.6 Å². The quantitative estimate of drug-likeness (QED) is 0.581. The van der Waals surface area contributed by atoms with Crippen molar-refractivity contribution in [2.45, 2.75) is 24.3 Å². The molecule has 2 aromatic heterocycles. The number of hydrogen-bond acceptors (Lipinski definition) is 8. The largest absolute Gasteiger partial charge is 0.469 e. The van der Waals surface area contributed by atoms with Crippen molar-refractivity contribution in [2.24, 2.45) is 0 Å². The molecule has 0 bridgehead atoms. The molecule has 11 heteroatoms. The molecule has 1 aliphatic rings. The first-order valence-electron chi connectivity index (χ1n) is 9.78. The van der Waals surface area contributed by atoms with Gasteiger partial charge in [-0.15, -0.1) is 10.2 Å². The van der Waals surface area contributed by atoms with Gasteiger partial charge >= 0.3 is 11.8 Å². The third-order valence-electron chi connectivity index (χ3n) is 4.79. The predicted octanol–water partition coefficient (Wildman–Crippen LogP) is 1.71. The summed E-state index contributed by atoms with van der Waals surface area (Å²) in [6, 6.07) is 9.52. The lowest BCUT2D eigenvalue weighted by atomic mass is 10.2. The summed E-state index contributed by atoms with van der Waals surface area (Å²) >= 11 is 0. The second-order valence-electron chi connectivity index (χ2n) is 7.11. The highest BCUT2D eigenvalue weighted by Crippen LogP contribution is 2.23. The number of hydrogen-bond donors (Lipinski definition) is 1. The average Bonchev–Trinajstić information content (AvgIpc) is 3.47. The van der Waals surface area contributed by atoms with Crippen molar-refractivity contribution < 1.29 is 26.8 Å². The molecule has 3 aromatic rings. The second-order valence-corrected chi connectivity index (χ2v) is 9.05. The Bertz CT molecular complexity index is 1120. The maximum atomic E-state index is 12.7. The van der Waals surface area contributed by atoms with Crippen LogP contribution in [0.2, 0.25) is 0 Å². The summed E-state index contributed by atoms with van der Waals surface area (Å²) < 4.78 is 42.8. The molecular weight excluding hydrogens is 424 g/mol. The highest BCUT2D eigenvalue weighted by atomic mass is 32.2. The monoisotopic (exact) mass is 446 g/mol. The Morgan fingerprint density at radius 3 is 2.58 bits per heavy atom. The third-order valence-corrected chi connectivity index (χ3v) is 6.71. The first kappa shape index (κ1) is 21.2. The topological polar surface area (TPSA) is 128 Å². The molecule has 0 radical (unpaired) electrons. The number of furan rings is 1. The lowest BCUT2D eigenvalue weighted by molar-refractivity contribution is 0.0730. The van der Waals surface area contributed by atoms with E-state index in [2.05, 4.69) is 15.5 Å². The Kier molecular flexibility index (Phi) is 6.16. The standard InChI is InChI=1S/C20H22N4O6S/c1-14(13-16-3-2-10-29-16)21-18(25)20-23-22-19(30-20)15-4-6-17(7-5-15)31(26,27)24-8-11-28-12-9-24/h2-7,10,14H,8-9,11-13H2,1H3,(H,21,25). The summed E-state index contributed by atoms with van der Waals surface area (Å²) in [6.07, 6.45) is 2.10. The van der Waals surface area contributed by atoms with Gasteiger partial charge < -0.3 is 18.9 Å². The number of ether oxygens (including phenoxy) is 1. The molecule has 1 aromatic carbocycles. The van der Waals surface area contributed by atoms with Gasteiger partial charge in [0.05, 0.1) is 24.4 Å². The zero-order valence-electron chi connectivity index (χ0n) is 16.9. The lowest BCUT2D eigenvalue weighted by Gasteiger charge is -2.26. The van der Waals surface area contributed by atoms with Crippen molar-refractivity contribution >= 4 is 15.9 Å². The van der Waals surface area contributed by atoms with Gasteiger partial charge in [0.2, 0.25) is 15.9 Å². The number of benzene rings is 1. The van der Waals surface area contributed by atoms with E-state index < -0.39 is 15.9 Å². The number of rotatable bonds is 7. The molecule has 1 aliphatic heterocycles. The van der Waals surface area contributed by atoms with Crippen LogP contribution in [0.15, 0.2) is 56.4 Å². The molecule has 0 saturated carbocycles. The minimum Gasteiger partial charge on any atom is -0.469 e. The molecule has 0 spiro atoms. The number of nitrogens with one attached hydrogen (secondary N) is 1. The average molecular weight is 446 g/mol. The molecule has 1 saturated heterocycles. The molecule has 3 heterocycles. The van der Waals surface area contributed by atoms with E-state index in [1.165, 1.54) is 16.4 Å². The van der Waals surface area contributed by atoms with Gasteiger partial charge in [0, 0.05) is 31.1 Å². The van der Waals surface area contributed by atoms with Crippen LogP contribution in [-0.4, -0.2) is 61.2 Å². The Hall–Kier alpha value is -3.02. The molecule has 0 aliphatic carbocycles. The highest BCUT2D eigenvalue weighted by molar-refractivity contribution is 7.89. The van der Waals surface area contributed by atoms with Crippen LogP contribution < -0.4 is 5.32 Å². The van der Waals surface area contributed by atoms with E-state index in [9.17, 15) is 13.2 Å². The summed E-state index contributed by atoms with van der Waals surface area (Å²) in [7, 11) is -3.59. The van der Waals surface area contributed by atoms with E-state index >= 15 is 0 Å². The zero-order valence-corrected chi connectivity index (χ0v) is 17.7.